The summed E-state index contributed by atoms with van der Waals surface area (Å²) in [7, 11) is 0. The molecule has 0 amide bonds. The third-order valence-corrected chi connectivity index (χ3v) is 6.29. The molecule has 1 saturated carbocycles. The van der Waals surface area contributed by atoms with Gasteiger partial charge in [0.25, 0.3) is 0 Å². The van der Waals surface area contributed by atoms with Crippen LogP contribution in [-0.4, -0.2) is 11.2 Å². The summed E-state index contributed by atoms with van der Waals surface area (Å²) in [4.78, 5) is 1.29. The van der Waals surface area contributed by atoms with Crippen molar-refractivity contribution < 1.29 is 5.11 Å². The SMILES string of the molecule is CC(C)(C)C1CCC(C(O)Cc2cc(Br)cs2)CC1. The zero-order valence-corrected chi connectivity index (χ0v) is 14.6. The van der Waals surface area contributed by atoms with Gasteiger partial charge in [0.15, 0.2) is 0 Å². The van der Waals surface area contributed by atoms with Gasteiger partial charge < -0.3 is 5.11 Å². The van der Waals surface area contributed by atoms with Gasteiger partial charge >= 0.3 is 0 Å². The van der Waals surface area contributed by atoms with E-state index in [1.54, 1.807) is 11.3 Å². The third kappa shape index (κ3) is 4.30. The Morgan fingerprint density at radius 1 is 1.32 bits per heavy atom. The van der Waals surface area contributed by atoms with Crippen molar-refractivity contribution in [2.75, 3.05) is 0 Å². The molecule has 108 valence electrons. The van der Waals surface area contributed by atoms with E-state index in [-0.39, 0.29) is 6.10 Å². The molecule has 1 aromatic heterocycles. The summed E-state index contributed by atoms with van der Waals surface area (Å²) < 4.78 is 1.14. The van der Waals surface area contributed by atoms with E-state index in [1.807, 2.05) is 0 Å². The minimum Gasteiger partial charge on any atom is -0.392 e. The molecular weight excluding hydrogens is 320 g/mol. The summed E-state index contributed by atoms with van der Waals surface area (Å²) in [5.41, 5.74) is 0.425. The van der Waals surface area contributed by atoms with E-state index in [9.17, 15) is 5.11 Å². The molecule has 1 aliphatic rings. The first kappa shape index (κ1) is 15.5. The van der Waals surface area contributed by atoms with E-state index in [1.165, 1.54) is 30.6 Å². The van der Waals surface area contributed by atoms with Crippen LogP contribution in [0.3, 0.4) is 0 Å². The molecule has 0 bridgehead atoms. The molecule has 0 spiro atoms. The van der Waals surface area contributed by atoms with Crippen LogP contribution in [0.1, 0.15) is 51.3 Å². The number of aliphatic hydroxyl groups excluding tert-OH is 1. The van der Waals surface area contributed by atoms with Gasteiger partial charge in [-0.1, -0.05) is 20.8 Å². The standard InChI is InChI=1S/C16H25BrOS/c1-16(2,3)12-6-4-11(5-7-12)15(18)9-14-8-13(17)10-19-14/h8,10-12,15,18H,4-7,9H2,1-3H3. The number of thiophene rings is 1. The van der Waals surface area contributed by atoms with Crippen LogP contribution in [0.15, 0.2) is 15.9 Å². The summed E-state index contributed by atoms with van der Waals surface area (Å²) >= 11 is 5.22. The van der Waals surface area contributed by atoms with Crippen molar-refractivity contribution in [1.82, 2.24) is 0 Å². The Morgan fingerprint density at radius 2 is 1.95 bits per heavy atom. The summed E-state index contributed by atoms with van der Waals surface area (Å²) in [5.74, 6) is 1.33. The molecule has 3 heteroatoms. The molecule has 2 rings (SSSR count). The second-order valence-corrected chi connectivity index (χ2v) is 8.89. The number of aliphatic hydroxyl groups is 1. The first-order valence-electron chi connectivity index (χ1n) is 7.27. The first-order valence-corrected chi connectivity index (χ1v) is 8.94. The van der Waals surface area contributed by atoms with Gasteiger partial charge in [0.05, 0.1) is 6.10 Å². The van der Waals surface area contributed by atoms with Crippen LogP contribution >= 0.6 is 27.3 Å². The number of hydrogen-bond donors (Lipinski definition) is 1. The molecule has 1 atom stereocenters. The number of hydrogen-bond acceptors (Lipinski definition) is 2. The van der Waals surface area contributed by atoms with Gasteiger partial charge in [-0.3, -0.25) is 0 Å². The summed E-state index contributed by atoms with van der Waals surface area (Å²) in [5, 5.41) is 12.5. The Morgan fingerprint density at radius 3 is 2.42 bits per heavy atom. The maximum absolute atomic E-state index is 10.4. The molecule has 0 radical (unpaired) electrons. The monoisotopic (exact) mass is 344 g/mol. The molecule has 0 aliphatic heterocycles. The van der Waals surface area contributed by atoms with E-state index in [0.717, 1.165) is 16.8 Å². The Labute approximate surface area is 129 Å². The van der Waals surface area contributed by atoms with Crippen LogP contribution in [0.25, 0.3) is 0 Å². The number of rotatable bonds is 3. The zero-order valence-electron chi connectivity index (χ0n) is 12.2. The molecule has 19 heavy (non-hydrogen) atoms. The van der Waals surface area contributed by atoms with Crippen molar-refractivity contribution in [3.8, 4) is 0 Å². The Balaban J connectivity index is 1.84. The summed E-state index contributed by atoms with van der Waals surface area (Å²) in [6, 6.07) is 2.13. The quantitative estimate of drug-likeness (QED) is 0.792. The van der Waals surface area contributed by atoms with Crippen LogP contribution in [0, 0.1) is 17.3 Å². The van der Waals surface area contributed by atoms with Gasteiger partial charge in [0.1, 0.15) is 0 Å². The normalized spacial score (nSPS) is 26.4. The highest BCUT2D eigenvalue weighted by Crippen LogP contribution is 2.41. The minimum absolute atomic E-state index is 0.161. The lowest BCUT2D eigenvalue weighted by Crippen LogP contribution is -2.31. The third-order valence-electron chi connectivity index (χ3n) is 4.57. The van der Waals surface area contributed by atoms with Gasteiger partial charge in [-0.2, -0.15) is 0 Å². The molecule has 1 heterocycles. The predicted octanol–water partition coefficient (Wildman–Crippen LogP) is 5.27. The van der Waals surface area contributed by atoms with Crippen LogP contribution in [0.4, 0.5) is 0 Å². The predicted molar refractivity (Wildman–Crippen MR) is 86.6 cm³/mol. The molecular formula is C16H25BrOS. The van der Waals surface area contributed by atoms with Gasteiger partial charge in [0.2, 0.25) is 0 Å². The van der Waals surface area contributed by atoms with Gasteiger partial charge in [-0.15, -0.1) is 11.3 Å². The van der Waals surface area contributed by atoms with Gasteiger partial charge in [0, 0.05) is 21.2 Å². The topological polar surface area (TPSA) is 20.2 Å². The van der Waals surface area contributed by atoms with Crippen molar-refractivity contribution >= 4 is 27.3 Å². The Hall–Kier alpha value is 0.140. The van der Waals surface area contributed by atoms with E-state index in [4.69, 9.17) is 0 Å². The molecule has 1 fully saturated rings. The van der Waals surface area contributed by atoms with Crippen molar-refractivity contribution in [3.05, 3.63) is 20.8 Å². The van der Waals surface area contributed by atoms with Crippen LogP contribution in [0.5, 0.6) is 0 Å². The van der Waals surface area contributed by atoms with E-state index >= 15 is 0 Å². The fourth-order valence-electron chi connectivity index (χ4n) is 3.20. The molecule has 1 nitrogen and oxygen atoms in total. The highest BCUT2D eigenvalue weighted by Gasteiger charge is 2.32. The molecule has 1 aromatic rings. The molecule has 1 N–H and O–H groups in total. The largest absolute Gasteiger partial charge is 0.392 e. The van der Waals surface area contributed by atoms with Crippen molar-refractivity contribution in [3.63, 3.8) is 0 Å². The number of halogens is 1. The fourth-order valence-corrected chi connectivity index (χ4v) is 4.71. The Bertz CT molecular complexity index is 399. The average molecular weight is 345 g/mol. The average Bonchev–Trinajstić information content (AvgIpc) is 2.74. The summed E-state index contributed by atoms with van der Waals surface area (Å²) in [6.45, 7) is 7.03. The smallest absolute Gasteiger partial charge is 0.0616 e. The molecule has 1 unspecified atom stereocenters. The van der Waals surface area contributed by atoms with Crippen LogP contribution in [0.2, 0.25) is 0 Å². The molecule has 0 aromatic carbocycles. The van der Waals surface area contributed by atoms with Gasteiger partial charge in [-0.05, 0) is 64.9 Å². The first-order chi connectivity index (χ1) is 8.86. The lowest BCUT2D eigenvalue weighted by molar-refractivity contribution is 0.0541. The van der Waals surface area contributed by atoms with Gasteiger partial charge in [-0.25, -0.2) is 0 Å². The summed E-state index contributed by atoms with van der Waals surface area (Å²) in [6.07, 6.45) is 5.59. The fraction of sp³-hybridized carbons (Fsp3) is 0.750. The highest BCUT2D eigenvalue weighted by atomic mass is 79.9. The zero-order chi connectivity index (χ0) is 14.0. The van der Waals surface area contributed by atoms with Crippen molar-refractivity contribution in [2.45, 2.75) is 59.0 Å². The van der Waals surface area contributed by atoms with E-state index in [0.29, 0.717) is 11.3 Å². The van der Waals surface area contributed by atoms with Crippen molar-refractivity contribution in [2.24, 2.45) is 17.3 Å². The second kappa shape index (κ2) is 6.28. The van der Waals surface area contributed by atoms with Crippen LogP contribution < -0.4 is 0 Å². The second-order valence-electron chi connectivity index (χ2n) is 6.98. The van der Waals surface area contributed by atoms with Crippen LogP contribution in [-0.2, 0) is 6.42 Å². The molecule has 1 aliphatic carbocycles. The van der Waals surface area contributed by atoms with Crippen molar-refractivity contribution in [1.29, 1.82) is 0 Å². The lowest BCUT2D eigenvalue weighted by Gasteiger charge is -2.38. The highest BCUT2D eigenvalue weighted by molar-refractivity contribution is 9.10. The maximum Gasteiger partial charge on any atom is 0.0616 e. The lowest BCUT2D eigenvalue weighted by atomic mass is 9.68. The minimum atomic E-state index is -0.161. The van der Waals surface area contributed by atoms with E-state index in [2.05, 4.69) is 48.1 Å². The maximum atomic E-state index is 10.4. The Kier molecular flexibility index (Phi) is 5.13. The molecule has 0 saturated heterocycles. The van der Waals surface area contributed by atoms with E-state index < -0.39 is 0 Å².